The molecule has 0 radical (unpaired) electrons. The Morgan fingerprint density at radius 3 is 2.35 bits per heavy atom. The highest BCUT2D eigenvalue weighted by Gasteiger charge is 2.32. The van der Waals surface area contributed by atoms with Gasteiger partial charge in [0.05, 0.1) is 5.56 Å². The van der Waals surface area contributed by atoms with Crippen molar-refractivity contribution in [3.8, 4) is 0 Å². The fourth-order valence-electron chi connectivity index (χ4n) is 1.47. The summed E-state index contributed by atoms with van der Waals surface area (Å²) in [5.74, 6) is 0. The molecule has 2 N–H and O–H groups in total. The Balaban J connectivity index is 2.57. The third kappa shape index (κ3) is 5.48. The van der Waals surface area contributed by atoms with Crippen LogP contribution in [0.25, 0.3) is 0 Å². The number of hydrogen-bond donors (Lipinski definition) is 2. The average molecular weight is 290 g/mol. The first-order valence-corrected chi connectivity index (χ1v) is 5.96. The van der Waals surface area contributed by atoms with Gasteiger partial charge in [-0.15, -0.1) is 0 Å². The van der Waals surface area contributed by atoms with E-state index in [0.717, 1.165) is 6.07 Å². The second-order valence-corrected chi connectivity index (χ2v) is 5.14. The average Bonchev–Trinajstić information content (AvgIpc) is 2.25. The number of rotatable bonds is 3. The summed E-state index contributed by atoms with van der Waals surface area (Å²) in [6.45, 7) is 4.90. The smallest absolute Gasteiger partial charge is 0.422 e. The minimum absolute atomic E-state index is 0.0380. The molecule has 0 atom stereocenters. The zero-order valence-electron chi connectivity index (χ0n) is 11.5. The molecule has 1 aromatic carbocycles. The lowest BCUT2D eigenvalue weighted by Gasteiger charge is -2.20. The standard InChI is InChI=1S/C13H17F3N2O2/c1-12(2,3)20-11(19)18-17-8-9-6-4-5-7-10(9)13(14,15)16/h4-7,17H,8H2,1-3H3,(H,18,19). The number of hydrazine groups is 1. The van der Waals surface area contributed by atoms with E-state index < -0.39 is 23.4 Å². The van der Waals surface area contributed by atoms with Crippen LogP contribution in [0.4, 0.5) is 18.0 Å². The van der Waals surface area contributed by atoms with Crippen molar-refractivity contribution >= 4 is 6.09 Å². The monoisotopic (exact) mass is 290 g/mol. The number of benzene rings is 1. The molecule has 1 rings (SSSR count). The van der Waals surface area contributed by atoms with Gasteiger partial charge in [-0.05, 0) is 32.4 Å². The van der Waals surface area contributed by atoms with E-state index in [4.69, 9.17) is 4.74 Å². The first-order valence-electron chi connectivity index (χ1n) is 5.96. The molecule has 7 heteroatoms. The van der Waals surface area contributed by atoms with Crippen molar-refractivity contribution in [1.29, 1.82) is 0 Å². The van der Waals surface area contributed by atoms with Crippen LogP contribution >= 0.6 is 0 Å². The van der Waals surface area contributed by atoms with Crippen LogP contribution in [0.1, 0.15) is 31.9 Å². The molecule has 0 aromatic heterocycles. The normalized spacial score (nSPS) is 12.1. The third-order valence-electron chi connectivity index (χ3n) is 2.19. The van der Waals surface area contributed by atoms with E-state index in [2.05, 4.69) is 10.9 Å². The molecular weight excluding hydrogens is 273 g/mol. The van der Waals surface area contributed by atoms with Crippen LogP contribution < -0.4 is 10.9 Å². The Morgan fingerprint density at radius 2 is 1.80 bits per heavy atom. The number of hydrogen-bond acceptors (Lipinski definition) is 3. The van der Waals surface area contributed by atoms with Crippen LogP contribution in [0.5, 0.6) is 0 Å². The van der Waals surface area contributed by atoms with Crippen molar-refractivity contribution in [2.75, 3.05) is 0 Å². The Morgan fingerprint density at radius 1 is 1.20 bits per heavy atom. The molecule has 0 fully saturated rings. The van der Waals surface area contributed by atoms with Crippen molar-refractivity contribution in [3.63, 3.8) is 0 Å². The maximum atomic E-state index is 12.7. The summed E-state index contributed by atoms with van der Waals surface area (Å²) in [6.07, 6.45) is -5.17. The first-order chi connectivity index (χ1) is 9.09. The molecule has 4 nitrogen and oxygen atoms in total. The number of amides is 1. The largest absolute Gasteiger partial charge is 0.443 e. The topological polar surface area (TPSA) is 50.4 Å². The molecule has 0 unspecified atom stereocenters. The maximum Gasteiger partial charge on any atom is 0.422 e. The number of carbonyl (C=O) groups is 1. The minimum atomic E-state index is -4.43. The number of halogens is 3. The highest BCUT2D eigenvalue weighted by molar-refractivity contribution is 5.66. The molecule has 0 aliphatic carbocycles. The Bertz CT molecular complexity index is 467. The first kappa shape index (κ1) is 16.3. The fraction of sp³-hybridized carbons (Fsp3) is 0.462. The Kier molecular flexibility index (Phi) is 4.99. The summed E-state index contributed by atoms with van der Waals surface area (Å²) in [4.78, 5) is 11.3. The number of carbonyl (C=O) groups excluding carboxylic acids is 1. The number of ether oxygens (including phenoxy) is 1. The Hall–Kier alpha value is -1.76. The summed E-state index contributed by atoms with van der Waals surface area (Å²) in [5, 5.41) is 0. The molecule has 0 saturated carbocycles. The van der Waals surface area contributed by atoms with Crippen molar-refractivity contribution < 1.29 is 22.7 Å². The third-order valence-corrected chi connectivity index (χ3v) is 2.19. The van der Waals surface area contributed by atoms with Gasteiger partial charge < -0.3 is 4.74 Å². The lowest BCUT2D eigenvalue weighted by atomic mass is 10.1. The van der Waals surface area contributed by atoms with E-state index in [0.29, 0.717) is 0 Å². The predicted molar refractivity (Wildman–Crippen MR) is 67.7 cm³/mol. The van der Waals surface area contributed by atoms with Gasteiger partial charge in [0.15, 0.2) is 0 Å². The summed E-state index contributed by atoms with van der Waals surface area (Å²) in [6, 6.07) is 5.14. The second kappa shape index (κ2) is 6.13. The summed E-state index contributed by atoms with van der Waals surface area (Å²) >= 11 is 0. The molecule has 1 aromatic rings. The lowest BCUT2D eigenvalue weighted by Crippen LogP contribution is -2.41. The molecule has 0 saturated heterocycles. The van der Waals surface area contributed by atoms with E-state index in [-0.39, 0.29) is 12.1 Å². The molecule has 0 aliphatic rings. The molecule has 0 heterocycles. The number of nitrogens with one attached hydrogen (secondary N) is 2. The maximum absolute atomic E-state index is 12.7. The van der Waals surface area contributed by atoms with E-state index >= 15 is 0 Å². The fourth-order valence-corrected chi connectivity index (χ4v) is 1.47. The van der Waals surface area contributed by atoms with Crippen LogP contribution in [0, 0.1) is 0 Å². The second-order valence-electron chi connectivity index (χ2n) is 5.14. The molecular formula is C13H17F3N2O2. The van der Waals surface area contributed by atoms with Gasteiger partial charge in [-0.25, -0.2) is 10.2 Å². The van der Waals surface area contributed by atoms with Crippen LogP contribution in [-0.2, 0) is 17.5 Å². The van der Waals surface area contributed by atoms with Gasteiger partial charge in [0.1, 0.15) is 5.60 Å². The molecule has 0 aliphatic heterocycles. The van der Waals surface area contributed by atoms with E-state index in [1.165, 1.54) is 18.2 Å². The van der Waals surface area contributed by atoms with Crippen LogP contribution in [0.3, 0.4) is 0 Å². The van der Waals surface area contributed by atoms with Crippen molar-refractivity contribution in [2.24, 2.45) is 0 Å². The summed E-state index contributed by atoms with van der Waals surface area (Å²) in [5.41, 5.74) is 3.23. The van der Waals surface area contributed by atoms with Gasteiger partial charge in [-0.3, -0.25) is 5.43 Å². The SMILES string of the molecule is CC(C)(C)OC(=O)NNCc1ccccc1C(F)(F)F. The van der Waals surface area contributed by atoms with Crippen molar-refractivity contribution in [2.45, 2.75) is 39.1 Å². The van der Waals surface area contributed by atoms with Gasteiger partial charge in [0, 0.05) is 6.54 Å². The highest BCUT2D eigenvalue weighted by Crippen LogP contribution is 2.31. The summed E-state index contributed by atoms with van der Waals surface area (Å²) < 4.78 is 43.1. The highest BCUT2D eigenvalue weighted by atomic mass is 19.4. The zero-order valence-corrected chi connectivity index (χ0v) is 11.5. The molecule has 20 heavy (non-hydrogen) atoms. The van der Waals surface area contributed by atoms with Gasteiger partial charge in [0.2, 0.25) is 0 Å². The molecule has 0 bridgehead atoms. The molecule has 0 spiro atoms. The van der Waals surface area contributed by atoms with Gasteiger partial charge in [-0.1, -0.05) is 18.2 Å². The quantitative estimate of drug-likeness (QED) is 0.840. The molecule has 1 amide bonds. The lowest BCUT2D eigenvalue weighted by molar-refractivity contribution is -0.138. The van der Waals surface area contributed by atoms with E-state index in [9.17, 15) is 18.0 Å². The number of alkyl halides is 3. The zero-order chi connectivity index (χ0) is 15.4. The minimum Gasteiger partial charge on any atom is -0.443 e. The van der Waals surface area contributed by atoms with Crippen LogP contribution in [-0.4, -0.2) is 11.7 Å². The van der Waals surface area contributed by atoms with Crippen LogP contribution in [0.2, 0.25) is 0 Å². The van der Waals surface area contributed by atoms with E-state index in [1.807, 2.05) is 0 Å². The van der Waals surface area contributed by atoms with Crippen molar-refractivity contribution in [1.82, 2.24) is 10.9 Å². The summed E-state index contributed by atoms with van der Waals surface area (Å²) in [7, 11) is 0. The van der Waals surface area contributed by atoms with Crippen LogP contribution in [0.15, 0.2) is 24.3 Å². The van der Waals surface area contributed by atoms with Crippen molar-refractivity contribution in [3.05, 3.63) is 35.4 Å². The van der Waals surface area contributed by atoms with Gasteiger partial charge >= 0.3 is 12.3 Å². The Labute approximate surface area is 115 Å². The predicted octanol–water partition coefficient (Wildman–Crippen LogP) is 3.23. The van der Waals surface area contributed by atoms with E-state index in [1.54, 1.807) is 20.8 Å². The van der Waals surface area contributed by atoms with Gasteiger partial charge in [0.25, 0.3) is 0 Å². The van der Waals surface area contributed by atoms with Gasteiger partial charge in [-0.2, -0.15) is 13.2 Å². The molecule has 112 valence electrons.